The second-order valence-corrected chi connectivity index (χ2v) is 8.67. The van der Waals surface area contributed by atoms with E-state index in [0.29, 0.717) is 15.8 Å². The SMILES string of the molecule is [C-]#[N+]C(C#N)=Nc1cc2c(s1)-c1sc(N=C(C#N)C#N)cc1OC21CCCCC1. The Hall–Kier alpha value is -3.50. The Balaban J connectivity index is 1.87. The van der Waals surface area contributed by atoms with Gasteiger partial charge in [-0.05, 0) is 25.7 Å². The first-order valence-corrected chi connectivity index (χ1v) is 10.5. The van der Waals surface area contributed by atoms with Gasteiger partial charge in [0.15, 0.2) is 0 Å². The van der Waals surface area contributed by atoms with Crippen molar-refractivity contribution in [3.63, 3.8) is 0 Å². The number of fused-ring (bicyclic) bond motifs is 4. The zero-order valence-corrected chi connectivity index (χ0v) is 16.7. The molecule has 29 heavy (non-hydrogen) atoms. The van der Waals surface area contributed by atoms with E-state index in [1.165, 1.54) is 22.7 Å². The van der Waals surface area contributed by atoms with Crippen molar-refractivity contribution in [2.75, 3.05) is 0 Å². The van der Waals surface area contributed by atoms with Gasteiger partial charge in [0.1, 0.15) is 34.6 Å². The highest BCUT2D eigenvalue weighted by atomic mass is 32.1. The van der Waals surface area contributed by atoms with E-state index in [4.69, 9.17) is 27.1 Å². The third-order valence-electron chi connectivity index (χ3n) is 4.92. The lowest BCUT2D eigenvalue weighted by Crippen LogP contribution is -2.37. The van der Waals surface area contributed by atoms with Crippen LogP contribution < -0.4 is 4.74 Å². The van der Waals surface area contributed by atoms with Crippen molar-refractivity contribution in [3.05, 3.63) is 29.1 Å². The summed E-state index contributed by atoms with van der Waals surface area (Å²) in [6.07, 6.45) is 5.02. The molecule has 4 rings (SSSR count). The van der Waals surface area contributed by atoms with E-state index in [1.807, 2.05) is 6.07 Å². The molecule has 7 nitrogen and oxygen atoms in total. The summed E-state index contributed by atoms with van der Waals surface area (Å²) in [4.78, 5) is 13.3. The Kier molecular flexibility index (Phi) is 4.87. The van der Waals surface area contributed by atoms with Crippen molar-refractivity contribution in [2.24, 2.45) is 9.98 Å². The van der Waals surface area contributed by atoms with Gasteiger partial charge in [0.2, 0.25) is 10.7 Å². The molecule has 0 unspecified atom stereocenters. The maximum absolute atomic E-state index is 9.04. The highest BCUT2D eigenvalue weighted by Gasteiger charge is 2.44. The Bertz CT molecular complexity index is 1180. The number of rotatable bonds is 2. The first-order valence-electron chi connectivity index (χ1n) is 8.85. The fourth-order valence-corrected chi connectivity index (χ4v) is 5.95. The number of hydrogen-bond acceptors (Lipinski definition) is 8. The van der Waals surface area contributed by atoms with E-state index in [2.05, 4.69) is 14.8 Å². The summed E-state index contributed by atoms with van der Waals surface area (Å²) < 4.78 is 6.50. The number of nitriles is 3. The van der Waals surface area contributed by atoms with Gasteiger partial charge in [-0.2, -0.15) is 10.5 Å². The zero-order valence-electron chi connectivity index (χ0n) is 15.1. The summed E-state index contributed by atoms with van der Waals surface area (Å²) in [5.74, 6) is 0.494. The minimum Gasteiger partial charge on any atom is -0.481 e. The normalized spacial score (nSPS) is 16.2. The second kappa shape index (κ2) is 7.49. The molecule has 0 atom stereocenters. The predicted octanol–water partition coefficient (Wildman–Crippen LogP) is 5.62. The molecule has 3 heterocycles. The fraction of sp³-hybridized carbons (Fsp3) is 0.300. The monoisotopic (exact) mass is 416 g/mol. The van der Waals surface area contributed by atoms with Crippen molar-refractivity contribution in [1.29, 1.82) is 15.8 Å². The molecule has 1 fully saturated rings. The number of nitrogens with zero attached hydrogens (tertiary/aromatic N) is 6. The molecular formula is C20H12N6OS2. The molecule has 0 saturated heterocycles. The van der Waals surface area contributed by atoms with E-state index >= 15 is 0 Å². The van der Waals surface area contributed by atoms with Crippen LogP contribution in [0.3, 0.4) is 0 Å². The van der Waals surface area contributed by atoms with Crippen LogP contribution in [0, 0.1) is 40.6 Å². The van der Waals surface area contributed by atoms with E-state index in [0.717, 1.165) is 47.4 Å². The van der Waals surface area contributed by atoms with Crippen LogP contribution in [-0.4, -0.2) is 11.5 Å². The molecule has 2 aliphatic rings. The van der Waals surface area contributed by atoms with E-state index in [1.54, 1.807) is 24.3 Å². The van der Waals surface area contributed by atoms with Gasteiger partial charge in [0.25, 0.3) is 0 Å². The summed E-state index contributed by atoms with van der Waals surface area (Å²) in [6, 6.07) is 9.06. The molecule has 0 amide bonds. The summed E-state index contributed by atoms with van der Waals surface area (Å²) >= 11 is 2.77. The zero-order chi connectivity index (χ0) is 20.4. The first-order chi connectivity index (χ1) is 14.1. The van der Waals surface area contributed by atoms with Gasteiger partial charge in [-0.25, -0.2) is 10.3 Å². The number of thiophene rings is 2. The van der Waals surface area contributed by atoms with Gasteiger partial charge in [-0.15, -0.1) is 11.3 Å². The molecule has 9 heteroatoms. The highest BCUT2D eigenvalue weighted by molar-refractivity contribution is 7.26. The van der Waals surface area contributed by atoms with Gasteiger partial charge in [0.05, 0.1) is 9.75 Å². The largest absolute Gasteiger partial charge is 0.481 e. The van der Waals surface area contributed by atoms with Crippen molar-refractivity contribution in [2.45, 2.75) is 37.7 Å². The van der Waals surface area contributed by atoms with Crippen LogP contribution in [0.15, 0.2) is 22.1 Å². The van der Waals surface area contributed by atoms with Crippen molar-refractivity contribution < 1.29 is 4.74 Å². The van der Waals surface area contributed by atoms with Crippen LogP contribution in [0.2, 0.25) is 0 Å². The molecule has 1 saturated carbocycles. The van der Waals surface area contributed by atoms with Crippen LogP contribution in [-0.2, 0) is 5.60 Å². The van der Waals surface area contributed by atoms with E-state index in [9.17, 15) is 0 Å². The minimum absolute atomic E-state index is 0.202. The highest BCUT2D eigenvalue weighted by Crippen LogP contribution is 2.58. The molecule has 140 valence electrons. The quantitative estimate of drug-likeness (QED) is 0.359. The first kappa shape index (κ1) is 18.8. The van der Waals surface area contributed by atoms with Crippen LogP contribution in [0.5, 0.6) is 5.75 Å². The lowest BCUT2D eigenvalue weighted by molar-refractivity contribution is 0.0251. The summed E-state index contributed by atoms with van der Waals surface area (Å²) in [7, 11) is 0. The molecule has 0 bridgehead atoms. The number of ether oxygens (including phenoxy) is 1. The van der Waals surface area contributed by atoms with E-state index in [-0.39, 0.29) is 11.5 Å². The number of hydrogen-bond donors (Lipinski definition) is 0. The lowest BCUT2D eigenvalue weighted by Gasteiger charge is -2.40. The molecule has 2 aromatic heterocycles. The smallest absolute Gasteiger partial charge is 0.350 e. The van der Waals surface area contributed by atoms with Gasteiger partial charge in [-0.3, -0.25) is 0 Å². The van der Waals surface area contributed by atoms with Gasteiger partial charge < -0.3 is 9.58 Å². The fourth-order valence-electron chi connectivity index (χ4n) is 3.72. The summed E-state index contributed by atoms with van der Waals surface area (Å²) in [6.45, 7) is 7.07. The van der Waals surface area contributed by atoms with Crippen molar-refractivity contribution >= 4 is 44.2 Å². The molecule has 0 N–H and O–H groups in total. The number of amidine groups is 1. The lowest BCUT2D eigenvalue weighted by atomic mass is 9.78. The van der Waals surface area contributed by atoms with Crippen molar-refractivity contribution in [1.82, 2.24) is 0 Å². The second-order valence-electron chi connectivity index (χ2n) is 6.61. The molecule has 1 spiro atoms. The average molecular weight is 416 g/mol. The Morgan fingerprint density at radius 1 is 1.00 bits per heavy atom. The standard InChI is InChI=1S/C20H12N6OS2/c1-24-15(11-23)26-16-7-13-18(28-16)19-14(27-20(13)5-3-2-4-6-20)8-17(29-19)25-12(9-21)10-22/h7-8H,2-6H2. The Morgan fingerprint density at radius 2 is 1.69 bits per heavy atom. The molecular weight excluding hydrogens is 404 g/mol. The molecule has 2 aromatic rings. The maximum atomic E-state index is 9.04. The summed E-state index contributed by atoms with van der Waals surface area (Å²) in [5, 5.41) is 28.1. The minimum atomic E-state index is -0.453. The van der Waals surface area contributed by atoms with Gasteiger partial charge >= 0.3 is 5.84 Å². The van der Waals surface area contributed by atoms with Gasteiger partial charge in [0, 0.05) is 17.7 Å². The third-order valence-corrected chi connectivity index (χ3v) is 7.13. The van der Waals surface area contributed by atoms with Crippen LogP contribution >= 0.6 is 22.7 Å². The van der Waals surface area contributed by atoms with Gasteiger partial charge in [-0.1, -0.05) is 29.3 Å². The van der Waals surface area contributed by atoms with Crippen LogP contribution in [0.1, 0.15) is 37.7 Å². The predicted molar refractivity (Wildman–Crippen MR) is 111 cm³/mol. The number of aliphatic imine (C=N–C) groups is 2. The Labute approximate surface area is 175 Å². The molecule has 0 aromatic carbocycles. The van der Waals surface area contributed by atoms with Crippen molar-refractivity contribution in [3.8, 4) is 33.7 Å². The molecule has 1 aliphatic heterocycles. The summed E-state index contributed by atoms with van der Waals surface area (Å²) in [5.41, 5.74) is 0.378. The molecule has 0 radical (unpaired) electrons. The van der Waals surface area contributed by atoms with Crippen LogP contribution in [0.25, 0.3) is 14.6 Å². The average Bonchev–Trinajstić information content (AvgIpc) is 3.35. The topological polar surface area (TPSA) is 110 Å². The maximum Gasteiger partial charge on any atom is 0.350 e. The molecule has 1 aliphatic carbocycles. The third kappa shape index (κ3) is 3.28. The van der Waals surface area contributed by atoms with E-state index < -0.39 is 5.60 Å². The van der Waals surface area contributed by atoms with Crippen LogP contribution in [0.4, 0.5) is 10.0 Å². The Morgan fingerprint density at radius 3 is 2.34 bits per heavy atom.